The van der Waals surface area contributed by atoms with E-state index in [9.17, 15) is 24.3 Å². The van der Waals surface area contributed by atoms with Crippen molar-refractivity contribution < 1.29 is 24.3 Å². The van der Waals surface area contributed by atoms with Crippen LogP contribution >= 0.6 is 0 Å². The molecule has 1 aliphatic heterocycles. The Labute approximate surface area is 190 Å². The lowest BCUT2D eigenvalue weighted by Crippen LogP contribution is -2.52. The summed E-state index contributed by atoms with van der Waals surface area (Å²) in [6.45, 7) is 2.72. The topological polar surface area (TPSA) is 148 Å². The molecule has 0 saturated carbocycles. The number of rotatable bonds is 7. The van der Waals surface area contributed by atoms with Crippen LogP contribution < -0.4 is 5.73 Å². The molecule has 2 aromatic rings. The number of hydrazine groups is 1. The first-order valence-corrected chi connectivity index (χ1v) is 10.1. The van der Waals surface area contributed by atoms with Gasteiger partial charge >= 0.3 is 12.0 Å². The molecule has 10 nitrogen and oxygen atoms in total. The van der Waals surface area contributed by atoms with Gasteiger partial charge in [0.1, 0.15) is 11.4 Å². The van der Waals surface area contributed by atoms with Crippen LogP contribution in [0.4, 0.5) is 4.79 Å². The fraction of sp³-hybridized carbons (Fsp3) is 0.261. The average molecular weight is 451 g/mol. The number of aliphatic carboxylic acids is 1. The van der Waals surface area contributed by atoms with E-state index in [-0.39, 0.29) is 5.84 Å². The number of hydrogen-bond acceptors (Lipinski definition) is 5. The summed E-state index contributed by atoms with van der Waals surface area (Å²) >= 11 is 0. The molecule has 4 amide bonds. The Morgan fingerprint density at radius 1 is 1.12 bits per heavy atom. The van der Waals surface area contributed by atoms with Crippen LogP contribution in [0.2, 0.25) is 0 Å². The Morgan fingerprint density at radius 3 is 2.18 bits per heavy atom. The largest absolute Gasteiger partial charge is 0.481 e. The zero-order chi connectivity index (χ0) is 24.5. The van der Waals surface area contributed by atoms with Crippen molar-refractivity contribution in [1.82, 2.24) is 14.9 Å². The molecule has 33 heavy (non-hydrogen) atoms. The van der Waals surface area contributed by atoms with Crippen molar-refractivity contribution in [1.29, 1.82) is 5.41 Å². The third-order valence-corrected chi connectivity index (χ3v) is 5.89. The highest BCUT2D eigenvalue weighted by molar-refractivity contribution is 6.08. The third-order valence-electron chi connectivity index (χ3n) is 5.89. The maximum atomic E-state index is 13.7. The average Bonchev–Trinajstić information content (AvgIpc) is 2.95. The van der Waals surface area contributed by atoms with Gasteiger partial charge in [0.25, 0.3) is 5.91 Å². The minimum absolute atomic E-state index is 0.141. The highest BCUT2D eigenvalue weighted by atomic mass is 16.4. The smallest absolute Gasteiger partial charge is 0.347 e. The van der Waals surface area contributed by atoms with Crippen molar-refractivity contribution in [2.75, 3.05) is 7.05 Å². The van der Waals surface area contributed by atoms with Gasteiger partial charge in [-0.1, -0.05) is 54.6 Å². The molecular weight excluding hydrogens is 426 g/mol. The van der Waals surface area contributed by atoms with Crippen LogP contribution in [0.15, 0.2) is 54.6 Å². The van der Waals surface area contributed by atoms with Crippen molar-refractivity contribution in [3.63, 3.8) is 0 Å². The molecule has 0 bridgehead atoms. The normalized spacial score (nSPS) is 18.9. The Kier molecular flexibility index (Phi) is 6.21. The van der Waals surface area contributed by atoms with Crippen molar-refractivity contribution >= 4 is 29.7 Å². The molecule has 1 saturated heterocycles. The summed E-state index contributed by atoms with van der Waals surface area (Å²) < 4.78 is 0. The summed E-state index contributed by atoms with van der Waals surface area (Å²) in [6, 6.07) is 12.8. The number of amides is 4. The number of carbonyl (C=O) groups is 4. The van der Waals surface area contributed by atoms with Crippen molar-refractivity contribution in [2.45, 2.75) is 31.8 Å². The number of nitrogens with zero attached hydrogens (tertiary/aromatic N) is 3. The van der Waals surface area contributed by atoms with Crippen LogP contribution in [0.5, 0.6) is 0 Å². The molecule has 0 aromatic heterocycles. The molecule has 0 radical (unpaired) electrons. The number of imide groups is 1. The number of carboxylic acid groups (broad SMARTS) is 1. The van der Waals surface area contributed by atoms with E-state index >= 15 is 0 Å². The number of benzene rings is 2. The number of amidine groups is 1. The summed E-state index contributed by atoms with van der Waals surface area (Å²) in [5.41, 5.74) is 5.41. The first kappa shape index (κ1) is 23.5. The van der Waals surface area contributed by atoms with E-state index < -0.39 is 41.8 Å². The van der Waals surface area contributed by atoms with Gasteiger partial charge in [0.2, 0.25) is 5.91 Å². The first-order valence-electron chi connectivity index (χ1n) is 10.1. The summed E-state index contributed by atoms with van der Waals surface area (Å²) in [7, 11) is 1.44. The highest BCUT2D eigenvalue weighted by Gasteiger charge is 2.57. The molecule has 2 unspecified atom stereocenters. The van der Waals surface area contributed by atoms with Gasteiger partial charge in [-0.05, 0) is 18.1 Å². The maximum absolute atomic E-state index is 13.7. The number of likely N-dealkylation sites (N-methyl/N-ethyl adjacent to an activating group) is 1. The quantitative estimate of drug-likeness (QED) is 0.333. The monoisotopic (exact) mass is 451 g/mol. The summed E-state index contributed by atoms with van der Waals surface area (Å²) in [6.07, 6.45) is -0.506. The lowest BCUT2D eigenvalue weighted by molar-refractivity contribution is -0.162. The first-order chi connectivity index (χ1) is 15.5. The minimum Gasteiger partial charge on any atom is -0.481 e. The summed E-state index contributed by atoms with van der Waals surface area (Å²) in [5.74, 6) is -2.69. The van der Waals surface area contributed by atoms with Crippen molar-refractivity contribution in [3.05, 3.63) is 71.3 Å². The van der Waals surface area contributed by atoms with Crippen LogP contribution in [0, 0.1) is 5.41 Å². The number of hydrogen-bond donors (Lipinski definition) is 3. The third kappa shape index (κ3) is 4.02. The Morgan fingerprint density at radius 2 is 1.70 bits per heavy atom. The SMILES string of the molecule is CC(=O)N(C(CC(=O)O)c1ccccc1)N1C(=O)N(C)C(C)(c2ccc(C(=N)N)cc2)C1=O. The van der Waals surface area contributed by atoms with Crippen LogP contribution in [0.25, 0.3) is 0 Å². The van der Waals surface area contributed by atoms with Gasteiger partial charge < -0.3 is 15.7 Å². The molecule has 0 aliphatic carbocycles. The van der Waals surface area contributed by atoms with Gasteiger partial charge in [-0.15, -0.1) is 0 Å². The second-order valence-corrected chi connectivity index (χ2v) is 7.91. The molecule has 1 aliphatic rings. The van der Waals surface area contributed by atoms with E-state index in [0.29, 0.717) is 16.7 Å². The molecule has 4 N–H and O–H groups in total. The second-order valence-electron chi connectivity index (χ2n) is 7.91. The number of carbonyl (C=O) groups excluding carboxylic acids is 3. The number of urea groups is 1. The predicted molar refractivity (Wildman–Crippen MR) is 119 cm³/mol. The van der Waals surface area contributed by atoms with Gasteiger partial charge in [0.05, 0.1) is 12.5 Å². The van der Waals surface area contributed by atoms with Crippen molar-refractivity contribution in [3.8, 4) is 0 Å². The number of nitrogen functional groups attached to an aromatic ring is 1. The molecule has 0 spiro atoms. The molecule has 172 valence electrons. The van der Waals surface area contributed by atoms with Crippen LogP contribution in [0.1, 0.15) is 43.0 Å². The van der Waals surface area contributed by atoms with E-state index in [1.807, 2.05) is 0 Å². The minimum atomic E-state index is -1.47. The van der Waals surface area contributed by atoms with Gasteiger partial charge in [-0.3, -0.25) is 19.8 Å². The van der Waals surface area contributed by atoms with Crippen molar-refractivity contribution in [2.24, 2.45) is 5.73 Å². The lowest BCUT2D eigenvalue weighted by atomic mass is 9.90. The van der Waals surface area contributed by atoms with E-state index in [4.69, 9.17) is 11.1 Å². The molecule has 2 atom stereocenters. The molecule has 3 rings (SSSR count). The van der Waals surface area contributed by atoms with E-state index in [1.54, 1.807) is 61.5 Å². The molecule has 1 fully saturated rings. The van der Waals surface area contributed by atoms with E-state index in [0.717, 1.165) is 10.0 Å². The molecule has 10 heteroatoms. The zero-order valence-electron chi connectivity index (χ0n) is 18.5. The van der Waals surface area contributed by atoms with Crippen LogP contribution in [-0.4, -0.2) is 56.7 Å². The van der Waals surface area contributed by atoms with Crippen LogP contribution in [0.3, 0.4) is 0 Å². The molecule has 2 aromatic carbocycles. The van der Waals surface area contributed by atoms with Gasteiger partial charge in [0, 0.05) is 19.5 Å². The molecular formula is C23H25N5O5. The summed E-state index contributed by atoms with van der Waals surface area (Å²) in [5, 5.41) is 18.7. The number of nitrogens with two attached hydrogens (primary N) is 1. The Balaban J connectivity index is 2.10. The summed E-state index contributed by atoms with van der Waals surface area (Å²) in [4.78, 5) is 52.5. The fourth-order valence-corrected chi connectivity index (χ4v) is 3.94. The van der Waals surface area contributed by atoms with Crippen LogP contribution in [-0.2, 0) is 19.9 Å². The van der Waals surface area contributed by atoms with Gasteiger partial charge in [-0.25, -0.2) is 9.80 Å². The second kappa shape index (κ2) is 8.73. The highest BCUT2D eigenvalue weighted by Crippen LogP contribution is 2.39. The molecule has 1 heterocycles. The predicted octanol–water partition coefficient (Wildman–Crippen LogP) is 2.06. The Bertz CT molecular complexity index is 1120. The zero-order valence-corrected chi connectivity index (χ0v) is 18.5. The number of carboxylic acids is 1. The fourth-order valence-electron chi connectivity index (χ4n) is 3.94. The standard InChI is InChI=1S/C23H25N5O5/c1-14(29)27(18(13-19(30)31)15-7-5-4-6-8-15)28-21(32)23(2,26(3)22(28)33)17-11-9-16(10-12-17)20(24)25/h4-12,18H,13H2,1-3H3,(H3,24,25)(H,30,31). The van der Waals surface area contributed by atoms with Gasteiger partial charge in [-0.2, -0.15) is 5.01 Å². The Hall–Kier alpha value is -4.21. The van der Waals surface area contributed by atoms with E-state index in [1.165, 1.54) is 18.9 Å². The van der Waals surface area contributed by atoms with E-state index in [2.05, 4.69) is 0 Å². The maximum Gasteiger partial charge on any atom is 0.347 e. The van der Waals surface area contributed by atoms with Gasteiger partial charge in [0.15, 0.2) is 0 Å². The lowest BCUT2D eigenvalue weighted by Gasteiger charge is -2.35. The number of nitrogens with one attached hydrogen (secondary N) is 1.